The highest BCUT2D eigenvalue weighted by Gasteiger charge is 2.27. The van der Waals surface area contributed by atoms with Crippen molar-refractivity contribution in [1.82, 2.24) is 0 Å². The Morgan fingerprint density at radius 1 is 0.941 bits per heavy atom. The fraction of sp³-hybridized carbons (Fsp3) is 0.304. The van der Waals surface area contributed by atoms with Crippen molar-refractivity contribution in [1.29, 1.82) is 0 Å². The van der Waals surface area contributed by atoms with Crippen LogP contribution in [0.15, 0.2) is 35.7 Å². The molecule has 1 atom stereocenters. The van der Waals surface area contributed by atoms with Gasteiger partial charge in [0.2, 0.25) is 6.10 Å². The molecule has 0 heterocycles. The van der Waals surface area contributed by atoms with Crippen LogP contribution >= 0.6 is 0 Å². The lowest BCUT2D eigenvalue weighted by molar-refractivity contribution is -0.163. The maximum Gasteiger partial charge on any atom is 0.349 e. The maximum atomic E-state index is 12.8. The van der Waals surface area contributed by atoms with Gasteiger partial charge in [0.1, 0.15) is 23.0 Å². The molecule has 0 aliphatic heterocycles. The molecular weight excluding hydrogens is 468 g/mol. The fourth-order valence-electron chi connectivity index (χ4n) is 3.14. The first-order chi connectivity index (χ1) is 16.0. The fourth-order valence-corrected chi connectivity index (χ4v) is 4.22. The summed E-state index contributed by atoms with van der Waals surface area (Å²) in [6.45, 7) is 1.07. The van der Waals surface area contributed by atoms with Gasteiger partial charge in [0.05, 0.1) is 39.8 Å². The minimum Gasteiger partial charge on any atom is -0.496 e. The third kappa shape index (κ3) is 6.64. The second-order valence-corrected chi connectivity index (χ2v) is 8.85. The van der Waals surface area contributed by atoms with E-state index in [1.165, 1.54) is 52.7 Å². The van der Waals surface area contributed by atoms with E-state index in [2.05, 4.69) is 0 Å². The number of rotatable bonds is 11. The summed E-state index contributed by atoms with van der Waals surface area (Å²) in [6, 6.07) is 7.39. The molecular formula is C23H26O10S. The van der Waals surface area contributed by atoms with E-state index in [1.54, 1.807) is 12.1 Å². The smallest absolute Gasteiger partial charge is 0.349 e. The summed E-state index contributed by atoms with van der Waals surface area (Å²) >= 11 is 0. The number of carbonyl (C=O) groups excluding carboxylic acids is 1. The molecule has 184 valence electrons. The number of sulfone groups is 1. The third-order valence-electron chi connectivity index (χ3n) is 4.65. The zero-order chi connectivity index (χ0) is 25.5. The van der Waals surface area contributed by atoms with Crippen molar-refractivity contribution in [2.75, 3.05) is 28.4 Å². The molecule has 0 bridgehead atoms. The van der Waals surface area contributed by atoms with Gasteiger partial charge in [-0.25, -0.2) is 13.2 Å². The minimum absolute atomic E-state index is 0.0142. The van der Waals surface area contributed by atoms with E-state index in [9.17, 15) is 23.1 Å². The second-order valence-electron chi connectivity index (χ2n) is 6.96. The number of carbonyl (C=O) groups is 2. The SMILES string of the molecule is COc1cc(OC)c(C=CS(=O)(=O)Cc2ccc(OC)c(C(OC(C)=O)C(=O)O)c2)c(OC)c1. The number of hydrogen-bond donors (Lipinski definition) is 1. The van der Waals surface area contributed by atoms with Crippen LogP contribution in [0, 0.1) is 0 Å². The van der Waals surface area contributed by atoms with Crippen molar-refractivity contribution >= 4 is 27.9 Å². The highest BCUT2D eigenvalue weighted by molar-refractivity contribution is 7.93. The Labute approximate surface area is 197 Å². The molecule has 2 aromatic carbocycles. The van der Waals surface area contributed by atoms with Gasteiger partial charge < -0.3 is 28.8 Å². The molecule has 2 rings (SSSR count). The second kappa shape index (κ2) is 11.4. The highest BCUT2D eigenvalue weighted by atomic mass is 32.2. The van der Waals surface area contributed by atoms with Crippen LogP contribution < -0.4 is 18.9 Å². The summed E-state index contributed by atoms with van der Waals surface area (Å²) in [5.74, 6) is -1.38. The Bertz CT molecular complexity index is 1160. The van der Waals surface area contributed by atoms with E-state index >= 15 is 0 Å². The average Bonchev–Trinajstić information content (AvgIpc) is 2.79. The molecule has 0 spiro atoms. The number of esters is 1. The Balaban J connectivity index is 2.42. The van der Waals surface area contributed by atoms with Gasteiger partial charge in [-0.1, -0.05) is 6.07 Å². The number of methoxy groups -OCH3 is 4. The van der Waals surface area contributed by atoms with Crippen molar-refractivity contribution in [3.8, 4) is 23.0 Å². The summed E-state index contributed by atoms with van der Waals surface area (Å²) in [5, 5.41) is 10.5. The lowest BCUT2D eigenvalue weighted by Crippen LogP contribution is -2.19. The number of ether oxygens (including phenoxy) is 5. The quantitative estimate of drug-likeness (QED) is 0.465. The van der Waals surface area contributed by atoms with Crippen LogP contribution in [0.4, 0.5) is 0 Å². The highest BCUT2D eigenvalue weighted by Crippen LogP contribution is 2.35. The van der Waals surface area contributed by atoms with Gasteiger partial charge in [0, 0.05) is 30.0 Å². The van der Waals surface area contributed by atoms with Crippen LogP contribution in [0.5, 0.6) is 23.0 Å². The van der Waals surface area contributed by atoms with E-state index in [0.717, 1.165) is 12.3 Å². The number of benzene rings is 2. The molecule has 0 fully saturated rings. The lowest BCUT2D eigenvalue weighted by atomic mass is 10.0. The van der Waals surface area contributed by atoms with Crippen LogP contribution in [0.25, 0.3) is 6.08 Å². The molecule has 2 aromatic rings. The molecule has 11 heteroatoms. The summed E-state index contributed by atoms with van der Waals surface area (Å²) in [7, 11) is 1.84. The lowest BCUT2D eigenvalue weighted by Gasteiger charge is -2.17. The molecule has 1 unspecified atom stereocenters. The van der Waals surface area contributed by atoms with Crippen molar-refractivity contribution < 1.29 is 46.8 Å². The van der Waals surface area contributed by atoms with Crippen molar-refractivity contribution in [2.24, 2.45) is 0 Å². The number of carboxylic acids is 1. The standard InChI is InChI=1S/C23H26O10S/c1-14(24)33-22(23(25)26)18-10-15(6-7-19(18)30-3)13-34(27,28)9-8-17-20(31-4)11-16(29-2)12-21(17)32-5/h6-12,22H,13H2,1-5H3,(H,25,26). The zero-order valence-electron chi connectivity index (χ0n) is 19.4. The van der Waals surface area contributed by atoms with Gasteiger partial charge in [0.15, 0.2) is 9.84 Å². The molecule has 0 saturated carbocycles. The Kier molecular flexibility index (Phi) is 8.90. The Morgan fingerprint density at radius 3 is 2.00 bits per heavy atom. The summed E-state index contributed by atoms with van der Waals surface area (Å²) in [6.07, 6.45) is -0.311. The van der Waals surface area contributed by atoms with E-state index in [-0.39, 0.29) is 16.9 Å². The molecule has 1 N–H and O–H groups in total. The molecule has 0 amide bonds. The van der Waals surface area contributed by atoms with E-state index in [0.29, 0.717) is 22.8 Å². The van der Waals surface area contributed by atoms with Gasteiger partial charge in [0.25, 0.3) is 0 Å². The van der Waals surface area contributed by atoms with Crippen LogP contribution in [0.3, 0.4) is 0 Å². The predicted molar refractivity (Wildman–Crippen MR) is 123 cm³/mol. The normalized spacial score (nSPS) is 12.1. The molecule has 0 aliphatic carbocycles. The molecule has 0 saturated heterocycles. The van der Waals surface area contributed by atoms with Crippen molar-refractivity contribution in [3.63, 3.8) is 0 Å². The Morgan fingerprint density at radius 2 is 1.53 bits per heavy atom. The van der Waals surface area contributed by atoms with Gasteiger partial charge in [-0.15, -0.1) is 0 Å². The molecule has 34 heavy (non-hydrogen) atoms. The monoisotopic (exact) mass is 494 g/mol. The molecule has 10 nitrogen and oxygen atoms in total. The molecule has 0 aliphatic rings. The van der Waals surface area contributed by atoms with E-state index in [4.69, 9.17) is 23.7 Å². The molecule has 0 radical (unpaired) electrons. The predicted octanol–water partition coefficient (Wildman–Crippen LogP) is 3.00. The number of aliphatic carboxylic acids is 1. The van der Waals surface area contributed by atoms with Gasteiger partial charge in [-0.05, 0) is 23.8 Å². The van der Waals surface area contributed by atoms with Crippen LogP contribution in [0.1, 0.15) is 29.7 Å². The van der Waals surface area contributed by atoms with E-state index in [1.807, 2.05) is 0 Å². The minimum atomic E-state index is -3.82. The van der Waals surface area contributed by atoms with Gasteiger partial charge in [-0.3, -0.25) is 4.79 Å². The topological polar surface area (TPSA) is 135 Å². The summed E-state index contributed by atoms with van der Waals surface area (Å²) < 4.78 is 51.5. The zero-order valence-corrected chi connectivity index (χ0v) is 20.2. The first kappa shape index (κ1) is 26.5. The average molecular weight is 495 g/mol. The van der Waals surface area contributed by atoms with Crippen molar-refractivity contribution in [2.45, 2.75) is 18.8 Å². The van der Waals surface area contributed by atoms with Gasteiger partial charge in [-0.2, -0.15) is 0 Å². The van der Waals surface area contributed by atoms with Crippen LogP contribution in [0.2, 0.25) is 0 Å². The van der Waals surface area contributed by atoms with Crippen LogP contribution in [-0.4, -0.2) is 53.9 Å². The number of hydrogen-bond acceptors (Lipinski definition) is 9. The van der Waals surface area contributed by atoms with Gasteiger partial charge >= 0.3 is 11.9 Å². The van der Waals surface area contributed by atoms with E-state index < -0.39 is 33.6 Å². The summed E-state index contributed by atoms with van der Waals surface area (Å²) in [4.78, 5) is 23.0. The maximum absolute atomic E-state index is 12.8. The Hall–Kier alpha value is -3.73. The van der Waals surface area contributed by atoms with Crippen molar-refractivity contribution in [3.05, 3.63) is 52.4 Å². The molecule has 0 aromatic heterocycles. The first-order valence-corrected chi connectivity index (χ1v) is 11.5. The first-order valence-electron chi connectivity index (χ1n) is 9.82. The van der Waals surface area contributed by atoms with Crippen LogP contribution in [-0.2, 0) is 29.9 Å². The third-order valence-corrected chi connectivity index (χ3v) is 5.93. The largest absolute Gasteiger partial charge is 0.496 e. The number of carboxylic acid groups (broad SMARTS) is 1. The summed E-state index contributed by atoms with van der Waals surface area (Å²) in [5.41, 5.74) is 0.679.